The third kappa shape index (κ3) is 13.0. The minimum Gasteiger partial charge on any atom is -0.0835 e. The zero-order valence-electron chi connectivity index (χ0n) is 4.97. The summed E-state index contributed by atoms with van der Waals surface area (Å²) in [5.74, 6) is 0. The largest absolute Gasteiger partial charge is 0.194 e. The van der Waals surface area contributed by atoms with Gasteiger partial charge in [-0.1, -0.05) is 69.6 Å². The summed E-state index contributed by atoms with van der Waals surface area (Å²) in [5, 5.41) is 0. The van der Waals surface area contributed by atoms with E-state index in [1.807, 2.05) is 0 Å². The van der Waals surface area contributed by atoms with Gasteiger partial charge in [0.2, 0.25) is 0 Å². The zero-order chi connectivity index (χ0) is 7.71. The van der Waals surface area contributed by atoms with Gasteiger partial charge in [-0.15, -0.1) is 0 Å². The zero-order valence-corrected chi connectivity index (χ0v) is 9.51. The molecule has 0 heterocycles. The molecular weight excluding hydrogens is 256 g/mol. The minimum absolute atomic E-state index is 0. The predicted octanol–water partition coefficient (Wildman–Crippen LogP) is 3.74. The molecule has 1 radical (unpaired) electrons. The topological polar surface area (TPSA) is 0 Å². The summed E-state index contributed by atoms with van der Waals surface area (Å²) in [6, 6.07) is 0. The normalized spacial score (nSPS) is 12.6. The molecule has 10 heavy (non-hydrogen) atoms. The van der Waals surface area contributed by atoms with Gasteiger partial charge < -0.3 is 0 Å². The maximum atomic E-state index is 5.30. The summed E-state index contributed by atoms with van der Waals surface area (Å²) in [6.07, 6.45) is -0.116. The van der Waals surface area contributed by atoms with Crippen molar-refractivity contribution in [1.82, 2.24) is 0 Å². The molecule has 0 aliphatic heterocycles. The van der Waals surface area contributed by atoms with Gasteiger partial charge >= 0.3 is 0 Å². The van der Waals surface area contributed by atoms with Crippen molar-refractivity contribution in [2.24, 2.45) is 0 Å². The van der Waals surface area contributed by atoms with Crippen molar-refractivity contribution in [2.45, 2.75) is 14.0 Å². The Kier molecular flexibility index (Phi) is 7.64. The molecule has 57 valence electrons. The molecule has 0 rings (SSSR count). The van der Waals surface area contributed by atoms with Gasteiger partial charge in [-0.05, 0) is 0 Å². The van der Waals surface area contributed by atoms with Gasteiger partial charge in [-0.25, -0.2) is 0 Å². The van der Waals surface area contributed by atoms with E-state index in [0.29, 0.717) is 0 Å². The fraction of sp³-hybridized carbons (Fsp3) is 1.00. The van der Waals surface area contributed by atoms with Crippen molar-refractivity contribution in [1.29, 1.82) is 0 Å². The van der Waals surface area contributed by atoms with E-state index in [2.05, 4.69) is 0 Å². The second kappa shape index (κ2) is 5.15. The van der Waals surface area contributed by atoms with Crippen molar-refractivity contribution in [3.63, 3.8) is 0 Å². The van der Waals surface area contributed by atoms with Gasteiger partial charge in [-0.3, -0.25) is 0 Å². The van der Waals surface area contributed by atoms with Crippen LogP contribution in [0.2, 0.25) is 0 Å². The maximum Gasteiger partial charge on any atom is 0.194 e. The summed E-state index contributed by atoms with van der Waals surface area (Å²) in [6.45, 7) is 0. The number of hydrogen-bond acceptors (Lipinski definition) is 0. The van der Waals surface area contributed by atoms with Crippen LogP contribution in [0.25, 0.3) is 0 Å². The van der Waals surface area contributed by atoms with Crippen LogP contribution in [0.15, 0.2) is 0 Å². The molecular formula is C3H2Cl6Li. The molecule has 7 heteroatoms. The minimum atomic E-state index is -1.49. The fourth-order valence-corrected chi connectivity index (χ4v) is 2.05. The summed E-state index contributed by atoms with van der Waals surface area (Å²) >= 11 is 31.8. The summed E-state index contributed by atoms with van der Waals surface area (Å²) in [5.41, 5.74) is 0. The summed E-state index contributed by atoms with van der Waals surface area (Å²) < 4.78 is -2.99. The molecule has 0 aliphatic rings. The van der Waals surface area contributed by atoms with Crippen LogP contribution >= 0.6 is 69.6 Å². The molecule has 0 saturated heterocycles. The molecule has 0 spiro atoms. The van der Waals surface area contributed by atoms with Crippen LogP contribution in [0.5, 0.6) is 0 Å². The second-order valence-electron chi connectivity index (χ2n) is 1.41. The van der Waals surface area contributed by atoms with Gasteiger partial charge in [0.25, 0.3) is 0 Å². The molecule has 0 aliphatic carbocycles. The first-order valence-electron chi connectivity index (χ1n) is 1.84. The van der Waals surface area contributed by atoms with Crippen molar-refractivity contribution in [2.75, 3.05) is 0 Å². The number of rotatable bonds is 0. The Morgan fingerprint density at radius 2 is 0.900 bits per heavy atom. The maximum absolute atomic E-state index is 5.30. The van der Waals surface area contributed by atoms with E-state index >= 15 is 0 Å². The molecule has 0 aromatic rings. The third-order valence-corrected chi connectivity index (χ3v) is 1.20. The van der Waals surface area contributed by atoms with Crippen LogP contribution in [0.3, 0.4) is 0 Å². The molecule has 0 fully saturated rings. The molecule has 0 N–H and O–H groups in total. The van der Waals surface area contributed by atoms with E-state index in [1.54, 1.807) is 0 Å². The van der Waals surface area contributed by atoms with E-state index in [9.17, 15) is 0 Å². The SMILES string of the molecule is ClC(Cl)(Cl)CC(Cl)(Cl)Cl.[Li]. The van der Waals surface area contributed by atoms with E-state index in [4.69, 9.17) is 69.6 Å². The number of alkyl halides is 6. The second-order valence-corrected chi connectivity index (χ2v) is 6.44. The van der Waals surface area contributed by atoms with E-state index in [1.165, 1.54) is 0 Å². The number of hydrogen-bond donors (Lipinski definition) is 0. The summed E-state index contributed by atoms with van der Waals surface area (Å²) in [7, 11) is 0. The van der Waals surface area contributed by atoms with Crippen molar-refractivity contribution >= 4 is 88.5 Å². The Hall–Kier alpha value is 2.34. The van der Waals surface area contributed by atoms with Crippen molar-refractivity contribution < 1.29 is 0 Å². The Morgan fingerprint density at radius 3 is 0.900 bits per heavy atom. The van der Waals surface area contributed by atoms with Crippen molar-refractivity contribution in [3.8, 4) is 0 Å². The average molecular weight is 258 g/mol. The predicted molar refractivity (Wildman–Crippen MR) is 51.0 cm³/mol. The quantitative estimate of drug-likeness (QED) is 0.458. The van der Waals surface area contributed by atoms with E-state index < -0.39 is 7.59 Å². The third-order valence-electron chi connectivity index (χ3n) is 0.401. The van der Waals surface area contributed by atoms with Gasteiger partial charge in [-0.2, -0.15) is 0 Å². The van der Waals surface area contributed by atoms with Crippen LogP contribution in [0.4, 0.5) is 0 Å². The Labute approximate surface area is 102 Å². The molecule has 0 saturated carbocycles. The van der Waals surface area contributed by atoms with Gasteiger partial charge in [0.05, 0.1) is 0 Å². The average Bonchev–Trinajstić information content (AvgIpc) is 1.14. The molecule has 0 nitrogen and oxygen atoms in total. The summed E-state index contributed by atoms with van der Waals surface area (Å²) in [4.78, 5) is 0. The smallest absolute Gasteiger partial charge is 0.0835 e. The number of halogens is 6. The Morgan fingerprint density at radius 1 is 0.700 bits per heavy atom. The van der Waals surface area contributed by atoms with Crippen LogP contribution in [0, 0.1) is 0 Å². The van der Waals surface area contributed by atoms with Crippen molar-refractivity contribution in [3.05, 3.63) is 0 Å². The van der Waals surface area contributed by atoms with Gasteiger partial charge in [0.15, 0.2) is 7.59 Å². The first kappa shape index (κ1) is 14.8. The van der Waals surface area contributed by atoms with E-state index in [0.717, 1.165) is 0 Å². The molecule has 0 aromatic heterocycles. The molecule has 0 amide bonds. The Balaban J connectivity index is 0. The molecule has 0 unspecified atom stereocenters. The molecule has 0 bridgehead atoms. The van der Waals surface area contributed by atoms with Crippen LogP contribution in [-0.4, -0.2) is 26.4 Å². The monoisotopic (exact) mass is 255 g/mol. The van der Waals surface area contributed by atoms with Crippen LogP contribution in [0.1, 0.15) is 6.42 Å². The first-order valence-corrected chi connectivity index (χ1v) is 4.11. The Bertz CT molecular complexity index is 78.1. The fourth-order valence-electron chi connectivity index (χ4n) is 0.227. The standard InChI is InChI=1S/C3H2Cl6.Li/c4-2(5,6)1-3(7,8)9;/h1H2;. The first-order chi connectivity index (χ1) is 3.71. The molecule has 0 aromatic carbocycles. The van der Waals surface area contributed by atoms with Gasteiger partial charge in [0.1, 0.15) is 0 Å². The van der Waals surface area contributed by atoms with Crippen LogP contribution < -0.4 is 0 Å². The molecule has 0 atom stereocenters. The van der Waals surface area contributed by atoms with E-state index in [-0.39, 0.29) is 25.3 Å². The van der Waals surface area contributed by atoms with Gasteiger partial charge in [0, 0.05) is 25.3 Å². The van der Waals surface area contributed by atoms with Crippen LogP contribution in [-0.2, 0) is 0 Å².